The predicted molar refractivity (Wildman–Crippen MR) is 162 cm³/mol. The van der Waals surface area contributed by atoms with Gasteiger partial charge in [0, 0.05) is 11.3 Å². The monoisotopic (exact) mass is 604 g/mol. The Morgan fingerprint density at radius 2 is 1.81 bits per heavy atom. The number of benzene rings is 1. The van der Waals surface area contributed by atoms with Crippen molar-refractivity contribution in [2.24, 2.45) is 10.7 Å². The lowest BCUT2D eigenvalue weighted by atomic mass is 9.81. The van der Waals surface area contributed by atoms with Crippen molar-refractivity contribution in [3.8, 4) is 5.75 Å². The van der Waals surface area contributed by atoms with Crippen LogP contribution < -0.4 is 26.4 Å². The quantitative estimate of drug-likeness (QED) is 0.354. The molecule has 11 nitrogen and oxygen atoms in total. The van der Waals surface area contributed by atoms with E-state index >= 15 is 4.39 Å². The Bertz CT molecular complexity index is 1380. The van der Waals surface area contributed by atoms with E-state index in [9.17, 15) is 13.8 Å². The predicted octanol–water partition coefficient (Wildman–Crippen LogP) is 3.82. The number of anilines is 1. The Balaban J connectivity index is 2.13. The molecule has 0 spiro atoms. The topological polar surface area (TPSA) is 157 Å². The number of halogens is 1. The van der Waals surface area contributed by atoms with Crippen molar-refractivity contribution in [3.63, 3.8) is 0 Å². The second kappa shape index (κ2) is 12.4. The maximum Gasteiger partial charge on any atom is 0.413 e. The third-order valence-electron chi connectivity index (χ3n) is 7.02. The van der Waals surface area contributed by atoms with Gasteiger partial charge in [-0.25, -0.2) is 14.2 Å². The zero-order chi connectivity index (χ0) is 31.5. The van der Waals surface area contributed by atoms with Gasteiger partial charge in [-0.1, -0.05) is 0 Å². The lowest BCUT2D eigenvalue weighted by molar-refractivity contribution is 0.0559. The number of alkyl carbamates (subject to hydrolysis) is 1. The second-order valence-electron chi connectivity index (χ2n) is 11.5. The van der Waals surface area contributed by atoms with E-state index in [1.807, 2.05) is 6.92 Å². The van der Waals surface area contributed by atoms with E-state index in [-0.39, 0.29) is 35.7 Å². The maximum atomic E-state index is 15.8. The van der Waals surface area contributed by atoms with Crippen LogP contribution in [0.5, 0.6) is 5.75 Å². The number of nitrogens with zero attached hydrogens (tertiary/aromatic N) is 2. The second-order valence-corrected chi connectivity index (χ2v) is 13.8. The average molecular weight is 605 g/mol. The summed E-state index contributed by atoms with van der Waals surface area (Å²) in [5.41, 5.74) is 4.08. The number of carbonyl (C=O) groups excluding carboxylic acids is 2. The summed E-state index contributed by atoms with van der Waals surface area (Å²) in [5.74, 6) is -0.584. The molecule has 3 rings (SSSR count). The highest BCUT2D eigenvalue weighted by molar-refractivity contribution is 7.88. The van der Waals surface area contributed by atoms with Crippen LogP contribution in [0.25, 0.3) is 0 Å². The van der Waals surface area contributed by atoms with Gasteiger partial charge in [-0.15, -0.1) is 0 Å². The minimum absolute atomic E-state index is 0.0371. The largest absolute Gasteiger partial charge is 0.492 e. The summed E-state index contributed by atoms with van der Waals surface area (Å²) in [5, 5.41) is 8.54. The molecular weight excluding hydrogens is 563 g/mol. The smallest absolute Gasteiger partial charge is 0.413 e. The average Bonchev–Trinajstić information content (AvgIpc) is 2.90. The number of rotatable bonds is 8. The molecule has 1 aromatic heterocycles. The Morgan fingerprint density at radius 1 is 1.12 bits per heavy atom. The summed E-state index contributed by atoms with van der Waals surface area (Å²) in [7, 11) is -0.198. The first-order valence-electron chi connectivity index (χ1n) is 13.7. The van der Waals surface area contributed by atoms with Gasteiger partial charge in [0.1, 0.15) is 39.1 Å². The van der Waals surface area contributed by atoms with E-state index in [1.165, 1.54) is 30.5 Å². The van der Waals surface area contributed by atoms with Crippen LogP contribution in [0, 0.1) is 5.82 Å². The third-order valence-corrected chi connectivity index (χ3v) is 9.58. The van der Waals surface area contributed by atoms with Gasteiger partial charge in [-0.3, -0.25) is 19.3 Å². The SMILES string of the molecule is CCOc1ccc(C(=O)Nc2ccc(F)c([C@@]3(C)N=C(NC(=O)OC(C)(C)C)C(C)(C)[S@](=O)[C@]3(CCN)NC)c2)nc1. The Labute approximate surface area is 248 Å². The van der Waals surface area contributed by atoms with Crippen molar-refractivity contribution >= 4 is 34.3 Å². The molecule has 2 aromatic rings. The molecule has 2 amide bonds. The first-order valence-corrected chi connectivity index (χ1v) is 14.8. The first kappa shape index (κ1) is 33.1. The standard InChI is InChI=1S/C29H41FN6O5S/c1-9-40-19-11-13-22(33-17-19)23(37)34-18-10-12-21(30)20(16-18)28(7)29(32-8,14-15-31)42(39)27(5,6)24(36-28)35-25(38)41-26(2,3)4/h10-13,16-17,32H,9,14-15,31H2,1-8H3,(H,34,37)(H,35,36,38)/t28-,29+,42+/m1/s1. The van der Waals surface area contributed by atoms with Crippen molar-refractivity contribution in [2.75, 3.05) is 25.5 Å². The van der Waals surface area contributed by atoms with Crippen molar-refractivity contribution in [3.05, 3.63) is 53.6 Å². The van der Waals surface area contributed by atoms with Gasteiger partial charge in [-0.2, -0.15) is 0 Å². The van der Waals surface area contributed by atoms with Crippen LogP contribution in [-0.2, 0) is 21.1 Å². The molecule has 42 heavy (non-hydrogen) atoms. The fraction of sp³-hybridized carbons (Fsp3) is 0.517. The molecule has 0 saturated carbocycles. The molecule has 0 saturated heterocycles. The highest BCUT2D eigenvalue weighted by Gasteiger charge is 2.62. The van der Waals surface area contributed by atoms with Gasteiger partial charge in [0.15, 0.2) is 0 Å². The number of aliphatic imine (C=N–C) groups is 1. The maximum absolute atomic E-state index is 15.8. The molecule has 1 aliphatic rings. The zero-order valence-electron chi connectivity index (χ0n) is 25.4. The molecule has 0 bridgehead atoms. The van der Waals surface area contributed by atoms with Gasteiger partial charge >= 0.3 is 6.09 Å². The summed E-state index contributed by atoms with van der Waals surface area (Å²) in [6.07, 6.45) is 0.816. The first-order chi connectivity index (χ1) is 19.5. The summed E-state index contributed by atoms with van der Waals surface area (Å²) in [6, 6.07) is 7.19. The minimum atomic E-state index is -1.81. The van der Waals surface area contributed by atoms with Crippen LogP contribution in [0.2, 0.25) is 0 Å². The van der Waals surface area contributed by atoms with Crippen molar-refractivity contribution in [1.29, 1.82) is 0 Å². The molecule has 230 valence electrons. The number of pyridine rings is 1. The number of amidine groups is 1. The van der Waals surface area contributed by atoms with Crippen LogP contribution in [0.1, 0.15) is 70.9 Å². The number of aromatic nitrogens is 1. The highest BCUT2D eigenvalue weighted by Crippen LogP contribution is 2.49. The summed E-state index contributed by atoms with van der Waals surface area (Å²) < 4.78 is 39.8. The lowest BCUT2D eigenvalue weighted by Crippen LogP contribution is -2.71. The van der Waals surface area contributed by atoms with E-state index in [1.54, 1.807) is 54.7 Å². The summed E-state index contributed by atoms with van der Waals surface area (Å²) in [6.45, 7) is 12.5. The molecule has 5 N–H and O–H groups in total. The zero-order valence-corrected chi connectivity index (χ0v) is 26.2. The highest BCUT2D eigenvalue weighted by atomic mass is 32.2. The van der Waals surface area contributed by atoms with E-state index in [2.05, 4.69) is 20.9 Å². The van der Waals surface area contributed by atoms with Crippen LogP contribution in [0.15, 0.2) is 41.5 Å². The van der Waals surface area contributed by atoms with E-state index in [0.717, 1.165) is 0 Å². The molecule has 0 unspecified atom stereocenters. The number of carbonyl (C=O) groups is 2. The fourth-order valence-electron chi connectivity index (χ4n) is 4.95. The molecule has 1 aliphatic heterocycles. The number of likely N-dealkylation sites (N-methyl/N-ethyl adjacent to an activating group) is 1. The van der Waals surface area contributed by atoms with Gasteiger partial charge in [0.25, 0.3) is 5.91 Å². The van der Waals surface area contributed by atoms with Crippen molar-refractivity contribution in [2.45, 2.75) is 75.6 Å². The number of amides is 2. The normalized spacial score (nSPS) is 23.5. The van der Waals surface area contributed by atoms with E-state index in [0.29, 0.717) is 12.4 Å². The number of hydrogen-bond donors (Lipinski definition) is 4. The molecule has 3 atom stereocenters. The van der Waals surface area contributed by atoms with Gasteiger partial charge in [-0.05, 0) is 98.8 Å². The number of nitrogens with one attached hydrogen (secondary N) is 3. The van der Waals surface area contributed by atoms with Crippen LogP contribution in [0.3, 0.4) is 0 Å². The number of hydrogen-bond acceptors (Lipinski definition) is 9. The van der Waals surface area contributed by atoms with Crippen molar-refractivity contribution < 1.29 is 27.7 Å². The van der Waals surface area contributed by atoms with Crippen LogP contribution in [0.4, 0.5) is 14.9 Å². The molecule has 0 fully saturated rings. The van der Waals surface area contributed by atoms with Gasteiger partial charge in [0.05, 0.1) is 28.4 Å². The molecule has 13 heteroatoms. The third kappa shape index (κ3) is 6.47. The Kier molecular flexibility index (Phi) is 9.80. The molecule has 2 heterocycles. The van der Waals surface area contributed by atoms with Gasteiger partial charge < -0.3 is 25.8 Å². The number of nitrogens with two attached hydrogens (primary N) is 1. The summed E-state index contributed by atoms with van der Waals surface area (Å²) in [4.78, 5) is 33.4. The summed E-state index contributed by atoms with van der Waals surface area (Å²) >= 11 is 0. The van der Waals surface area contributed by atoms with Crippen LogP contribution in [-0.4, -0.2) is 62.4 Å². The van der Waals surface area contributed by atoms with Crippen LogP contribution >= 0.6 is 0 Å². The Morgan fingerprint density at radius 3 is 2.36 bits per heavy atom. The molecule has 0 aliphatic carbocycles. The molecule has 1 aromatic carbocycles. The van der Waals surface area contributed by atoms with E-state index < -0.39 is 49.4 Å². The number of ether oxygens (including phenoxy) is 2. The lowest BCUT2D eigenvalue weighted by Gasteiger charge is -2.53. The minimum Gasteiger partial charge on any atom is -0.492 e. The Hall–Kier alpha value is -3.42. The van der Waals surface area contributed by atoms with Crippen molar-refractivity contribution in [1.82, 2.24) is 15.6 Å². The molecule has 0 radical (unpaired) electrons. The van der Waals surface area contributed by atoms with Gasteiger partial charge in [0.2, 0.25) is 0 Å². The fourth-order valence-corrected chi connectivity index (χ4v) is 7.10. The van der Waals surface area contributed by atoms with E-state index in [4.69, 9.17) is 20.2 Å². The molecular formula is C29H41FN6O5S.